The Morgan fingerprint density at radius 1 is 0.895 bits per heavy atom. The van der Waals surface area contributed by atoms with E-state index in [4.69, 9.17) is 23.2 Å². The van der Waals surface area contributed by atoms with Gasteiger partial charge in [-0.05, 0) is 23.1 Å². The van der Waals surface area contributed by atoms with Crippen molar-refractivity contribution in [1.29, 1.82) is 0 Å². The van der Waals surface area contributed by atoms with E-state index in [2.05, 4.69) is 0 Å². The fourth-order valence-corrected chi connectivity index (χ4v) is 2.70. The number of aromatic nitrogens is 2. The molecule has 109 valence electrons. The van der Waals surface area contributed by atoms with Gasteiger partial charge in [-0.2, -0.15) is 0 Å². The zero-order valence-corrected chi connectivity index (χ0v) is 15.4. The Balaban J connectivity index is -0.000000233. The van der Waals surface area contributed by atoms with Gasteiger partial charge in [-0.1, -0.05) is 23.2 Å². The predicted octanol–water partition coefficient (Wildman–Crippen LogP) is -3.79. The molecule has 2 heterocycles. The molecule has 0 N–H and O–H groups in total. The van der Waals surface area contributed by atoms with Crippen LogP contribution in [0, 0.1) is 0 Å². The second-order valence-corrected chi connectivity index (χ2v) is 6.35. The van der Waals surface area contributed by atoms with E-state index in [1.165, 1.54) is 43.1 Å². The van der Waals surface area contributed by atoms with Crippen LogP contribution in [0.1, 0.15) is 0 Å². The van der Waals surface area contributed by atoms with Gasteiger partial charge in [0.25, 0.3) is 11.1 Å². The van der Waals surface area contributed by atoms with Gasteiger partial charge in [0.15, 0.2) is 0 Å². The van der Waals surface area contributed by atoms with Crippen LogP contribution in [0.5, 0.6) is 0 Å². The third-order valence-electron chi connectivity index (χ3n) is 1.54. The van der Waals surface area contributed by atoms with Crippen molar-refractivity contribution in [3.05, 3.63) is 41.5 Å². The molecule has 2 rings (SSSR count). The van der Waals surface area contributed by atoms with Gasteiger partial charge in [-0.25, -0.2) is 0 Å². The van der Waals surface area contributed by atoms with Crippen LogP contribution in [-0.2, 0) is 31.2 Å². The fourth-order valence-electron chi connectivity index (χ4n) is 0.780. The van der Waals surface area contributed by atoms with Crippen LogP contribution in [0.4, 0.5) is 0 Å². The molecule has 4 nitrogen and oxygen atoms in total. The molecule has 2 aromatic rings. The van der Waals surface area contributed by atoms with Gasteiger partial charge in [0.05, 0.1) is 0 Å². The van der Waals surface area contributed by atoms with E-state index in [-0.39, 0.29) is 53.0 Å². The topological polar surface area (TPSA) is 44.0 Å². The van der Waals surface area contributed by atoms with Crippen LogP contribution < -0.4 is 35.9 Å². The minimum atomic E-state index is -0.0417. The summed E-state index contributed by atoms with van der Waals surface area (Å²) in [5.74, 6) is 0. The zero-order chi connectivity index (χ0) is 12.3. The van der Waals surface area contributed by atoms with Gasteiger partial charge in [0, 0.05) is 26.2 Å². The van der Waals surface area contributed by atoms with Gasteiger partial charge in [-0.15, -0.1) is 0 Å². The van der Waals surface area contributed by atoms with Gasteiger partial charge in [0.1, 0.15) is 8.67 Å². The minimum Gasteiger partial charge on any atom is -1.00 e. The summed E-state index contributed by atoms with van der Waals surface area (Å²) in [5.41, 5.74) is -0.0833. The Morgan fingerprint density at radius 2 is 1.16 bits per heavy atom. The molecule has 0 amide bonds. The third kappa shape index (κ3) is 8.42. The van der Waals surface area contributed by atoms with E-state index < -0.39 is 0 Å². The number of halogens is 4. The molecule has 2 aromatic heterocycles. The minimum absolute atomic E-state index is 0. The van der Waals surface area contributed by atoms with Crippen molar-refractivity contribution in [3.63, 3.8) is 0 Å². The summed E-state index contributed by atoms with van der Waals surface area (Å²) in [5, 5.41) is 0. The summed E-state index contributed by atoms with van der Waals surface area (Å²) >= 11 is 13.4. The Labute approximate surface area is 150 Å². The van der Waals surface area contributed by atoms with Crippen molar-refractivity contribution in [2.75, 3.05) is 0 Å². The molecule has 19 heavy (non-hydrogen) atoms. The van der Waals surface area contributed by atoms with Crippen molar-refractivity contribution < 1.29 is 41.9 Å². The van der Waals surface area contributed by atoms with Crippen molar-refractivity contribution in [2.24, 2.45) is 14.1 Å². The van der Waals surface area contributed by atoms with E-state index in [0.717, 1.165) is 0 Å². The van der Waals surface area contributed by atoms with Crippen LogP contribution in [0.3, 0.4) is 0 Å². The SMILES string of the molecule is Cn1sc(Cl)cc1=O.Cn1sc(Cl)cc1=O.[Cl-].[Cl-].[Mn+2]. The van der Waals surface area contributed by atoms with E-state index in [0.29, 0.717) is 8.67 Å². The summed E-state index contributed by atoms with van der Waals surface area (Å²) in [4.78, 5) is 21.1. The molecular formula is C8H8Cl4MnN2O2S2. The molecule has 0 bridgehead atoms. The first kappa shape index (κ1) is 24.6. The first-order chi connectivity index (χ1) is 7.40. The van der Waals surface area contributed by atoms with E-state index in [1.54, 1.807) is 14.1 Å². The second-order valence-electron chi connectivity index (χ2n) is 2.75. The van der Waals surface area contributed by atoms with Crippen LogP contribution >= 0.6 is 46.3 Å². The largest absolute Gasteiger partial charge is 2.00 e. The average molecular weight is 425 g/mol. The molecule has 0 aliphatic rings. The zero-order valence-electron chi connectivity index (χ0n) is 9.57. The molecule has 0 saturated carbocycles. The standard InChI is InChI=1S/2C4H4ClNOS.2ClH.Mn/c2*1-6-4(7)2-3(5)8-6;;;/h2*2H,1H3;2*1H;/q;;;;+2/p-2. The molecule has 0 unspecified atom stereocenters. The molecule has 0 fully saturated rings. The Hall–Kier alpha value is 0.539. The molecule has 0 aliphatic heterocycles. The number of hydrogen-bond acceptors (Lipinski definition) is 4. The van der Waals surface area contributed by atoms with Crippen molar-refractivity contribution in [3.8, 4) is 0 Å². The van der Waals surface area contributed by atoms with Crippen LogP contribution in [0.25, 0.3) is 0 Å². The molecule has 0 aliphatic carbocycles. The Bertz CT molecular complexity index is 540. The Kier molecular flexibility index (Phi) is 14.5. The first-order valence-corrected chi connectivity index (χ1v) is 6.36. The molecule has 0 atom stereocenters. The number of rotatable bonds is 0. The van der Waals surface area contributed by atoms with Crippen LogP contribution in [0.15, 0.2) is 21.7 Å². The molecule has 0 spiro atoms. The quantitative estimate of drug-likeness (QED) is 0.407. The molecule has 0 aromatic carbocycles. The number of aryl methyl sites for hydroxylation is 2. The van der Waals surface area contributed by atoms with E-state index in [1.807, 2.05) is 0 Å². The van der Waals surface area contributed by atoms with Crippen LogP contribution in [-0.4, -0.2) is 7.91 Å². The predicted molar refractivity (Wildman–Crippen MR) is 69.1 cm³/mol. The van der Waals surface area contributed by atoms with Gasteiger partial charge in [-0.3, -0.25) is 17.5 Å². The molecule has 1 radical (unpaired) electrons. The monoisotopic (exact) mass is 423 g/mol. The number of nitrogens with zero attached hydrogens (tertiary/aromatic N) is 2. The van der Waals surface area contributed by atoms with E-state index >= 15 is 0 Å². The van der Waals surface area contributed by atoms with E-state index in [9.17, 15) is 9.59 Å². The maximum absolute atomic E-state index is 10.5. The first-order valence-electron chi connectivity index (χ1n) is 4.06. The third-order valence-corrected chi connectivity index (χ3v) is 3.67. The summed E-state index contributed by atoms with van der Waals surface area (Å²) in [6.45, 7) is 0. The Morgan fingerprint density at radius 3 is 1.21 bits per heavy atom. The number of hydrogen-bond donors (Lipinski definition) is 0. The molecule has 11 heteroatoms. The summed E-state index contributed by atoms with van der Waals surface area (Å²) in [7, 11) is 3.36. The molecular weight excluding hydrogens is 417 g/mol. The summed E-state index contributed by atoms with van der Waals surface area (Å²) in [6, 6.07) is 2.79. The van der Waals surface area contributed by atoms with Crippen molar-refractivity contribution in [1.82, 2.24) is 7.91 Å². The second kappa shape index (κ2) is 11.2. The van der Waals surface area contributed by atoms with Crippen LogP contribution in [0.2, 0.25) is 8.67 Å². The normalized spacial score (nSPS) is 8.21. The summed E-state index contributed by atoms with van der Waals surface area (Å²) in [6.07, 6.45) is 0. The molecule has 0 saturated heterocycles. The van der Waals surface area contributed by atoms with Crippen molar-refractivity contribution >= 4 is 46.3 Å². The van der Waals surface area contributed by atoms with Crippen molar-refractivity contribution in [2.45, 2.75) is 0 Å². The van der Waals surface area contributed by atoms with Gasteiger partial charge < -0.3 is 24.8 Å². The smallest absolute Gasteiger partial charge is 1.00 e. The average Bonchev–Trinajstić information content (AvgIpc) is 2.58. The maximum atomic E-state index is 10.5. The maximum Gasteiger partial charge on any atom is 2.00 e. The van der Waals surface area contributed by atoms with Gasteiger partial charge >= 0.3 is 17.1 Å². The summed E-state index contributed by atoms with van der Waals surface area (Å²) < 4.78 is 4.03. The van der Waals surface area contributed by atoms with Gasteiger partial charge in [0.2, 0.25) is 0 Å². The fraction of sp³-hybridized carbons (Fsp3) is 0.250.